The van der Waals surface area contributed by atoms with Crippen LogP contribution in [0.3, 0.4) is 0 Å². The Morgan fingerprint density at radius 3 is 3.00 bits per heavy atom. The highest BCUT2D eigenvalue weighted by molar-refractivity contribution is 7.99. The van der Waals surface area contributed by atoms with Gasteiger partial charge in [0.05, 0.1) is 0 Å². The number of thiazole rings is 1. The zero-order chi connectivity index (χ0) is 9.68. The summed E-state index contributed by atoms with van der Waals surface area (Å²) in [5.74, 6) is 1.08. The molecule has 1 aromatic rings. The van der Waals surface area contributed by atoms with E-state index >= 15 is 0 Å². The average molecular weight is 216 g/mol. The van der Waals surface area contributed by atoms with Gasteiger partial charge >= 0.3 is 0 Å². The molecule has 0 unspecified atom stereocenters. The minimum Gasteiger partial charge on any atom is -0.362 e. The van der Waals surface area contributed by atoms with Gasteiger partial charge in [0.25, 0.3) is 0 Å². The number of aromatic nitrogens is 1. The first kappa shape index (κ1) is 10.9. The maximum atomic E-state index is 4.28. The average Bonchev–Trinajstić information content (AvgIpc) is 2.50. The number of thioether (sulfide) groups is 1. The van der Waals surface area contributed by atoms with Crippen molar-refractivity contribution in [2.24, 2.45) is 0 Å². The molecule has 1 N–H and O–H groups in total. The molecule has 74 valence electrons. The standard InChI is InChI=1S/C9H16N2S2/c1-4-10-9-11-5-8(13-9)6-12-7(2)3/h5,7H,4,6H2,1-3H3,(H,10,11). The molecule has 4 heteroatoms. The van der Waals surface area contributed by atoms with Gasteiger partial charge in [0.15, 0.2) is 5.13 Å². The number of hydrogen-bond donors (Lipinski definition) is 1. The maximum absolute atomic E-state index is 4.28. The molecule has 0 spiro atoms. The van der Waals surface area contributed by atoms with Crippen LogP contribution in [0.4, 0.5) is 5.13 Å². The van der Waals surface area contributed by atoms with Crippen molar-refractivity contribution in [2.45, 2.75) is 31.8 Å². The molecule has 0 aliphatic heterocycles. The van der Waals surface area contributed by atoms with Gasteiger partial charge < -0.3 is 5.32 Å². The van der Waals surface area contributed by atoms with Crippen molar-refractivity contribution in [3.8, 4) is 0 Å². The van der Waals surface area contributed by atoms with Gasteiger partial charge in [-0.1, -0.05) is 13.8 Å². The molecular weight excluding hydrogens is 200 g/mol. The predicted molar refractivity (Wildman–Crippen MR) is 62.7 cm³/mol. The molecule has 0 saturated heterocycles. The SMILES string of the molecule is CCNc1ncc(CSC(C)C)s1. The molecule has 1 rings (SSSR count). The van der Waals surface area contributed by atoms with Crippen molar-refractivity contribution < 1.29 is 0 Å². The Hall–Kier alpha value is -0.220. The number of nitrogens with zero attached hydrogens (tertiary/aromatic N) is 1. The second kappa shape index (κ2) is 5.50. The quantitative estimate of drug-likeness (QED) is 0.818. The maximum Gasteiger partial charge on any atom is 0.182 e. The highest BCUT2D eigenvalue weighted by Crippen LogP contribution is 2.24. The molecule has 1 aromatic heterocycles. The van der Waals surface area contributed by atoms with Crippen LogP contribution in [0.2, 0.25) is 0 Å². The molecule has 0 aliphatic rings. The van der Waals surface area contributed by atoms with E-state index in [2.05, 4.69) is 31.1 Å². The molecule has 0 atom stereocenters. The minimum absolute atomic E-state index is 0.699. The van der Waals surface area contributed by atoms with E-state index in [9.17, 15) is 0 Å². The summed E-state index contributed by atoms with van der Waals surface area (Å²) in [6.45, 7) is 7.47. The Bertz CT molecular complexity index is 246. The van der Waals surface area contributed by atoms with Crippen LogP contribution in [-0.4, -0.2) is 16.8 Å². The van der Waals surface area contributed by atoms with E-state index in [1.807, 2.05) is 18.0 Å². The molecule has 0 aromatic carbocycles. The fourth-order valence-corrected chi connectivity index (χ4v) is 2.54. The molecule has 1 heterocycles. The predicted octanol–water partition coefficient (Wildman–Crippen LogP) is 3.22. The molecular formula is C9H16N2S2. The van der Waals surface area contributed by atoms with Crippen LogP contribution in [0, 0.1) is 0 Å². The van der Waals surface area contributed by atoms with Gasteiger partial charge in [0.1, 0.15) is 0 Å². The second-order valence-electron chi connectivity index (χ2n) is 3.02. The van der Waals surface area contributed by atoms with Gasteiger partial charge in [-0.05, 0) is 12.2 Å². The largest absolute Gasteiger partial charge is 0.362 e. The minimum atomic E-state index is 0.699. The van der Waals surface area contributed by atoms with E-state index in [0.29, 0.717) is 5.25 Å². The highest BCUT2D eigenvalue weighted by Gasteiger charge is 2.01. The summed E-state index contributed by atoms with van der Waals surface area (Å²) in [4.78, 5) is 5.63. The number of anilines is 1. The normalized spacial score (nSPS) is 10.8. The molecule has 0 fully saturated rings. The van der Waals surface area contributed by atoms with Gasteiger partial charge in [0, 0.05) is 23.4 Å². The van der Waals surface area contributed by atoms with Gasteiger partial charge in [-0.15, -0.1) is 11.3 Å². The van der Waals surface area contributed by atoms with E-state index in [1.165, 1.54) is 4.88 Å². The summed E-state index contributed by atoms with van der Waals surface area (Å²) in [6.07, 6.45) is 1.97. The molecule has 2 nitrogen and oxygen atoms in total. The zero-order valence-corrected chi connectivity index (χ0v) is 9.97. The summed E-state index contributed by atoms with van der Waals surface area (Å²) in [7, 11) is 0. The molecule has 13 heavy (non-hydrogen) atoms. The number of nitrogens with one attached hydrogen (secondary N) is 1. The van der Waals surface area contributed by atoms with Crippen LogP contribution in [0.5, 0.6) is 0 Å². The first-order chi connectivity index (χ1) is 6.22. The topological polar surface area (TPSA) is 24.9 Å². The van der Waals surface area contributed by atoms with E-state index in [1.54, 1.807) is 11.3 Å². The van der Waals surface area contributed by atoms with Crippen LogP contribution in [0.1, 0.15) is 25.6 Å². The van der Waals surface area contributed by atoms with Crippen molar-refractivity contribution >= 4 is 28.2 Å². The molecule has 0 amide bonds. The van der Waals surface area contributed by atoms with Gasteiger partial charge in [0.2, 0.25) is 0 Å². The van der Waals surface area contributed by atoms with Crippen LogP contribution >= 0.6 is 23.1 Å². The third kappa shape index (κ3) is 4.00. The zero-order valence-electron chi connectivity index (χ0n) is 8.33. The van der Waals surface area contributed by atoms with E-state index in [-0.39, 0.29) is 0 Å². The second-order valence-corrected chi connectivity index (χ2v) is 5.70. The molecule has 0 saturated carbocycles. The lowest BCUT2D eigenvalue weighted by Gasteiger charge is -2.00. The molecule has 0 aliphatic carbocycles. The summed E-state index contributed by atoms with van der Waals surface area (Å²) in [5.41, 5.74) is 0. The van der Waals surface area contributed by atoms with Gasteiger partial charge in [-0.3, -0.25) is 0 Å². The molecule has 0 bridgehead atoms. The van der Waals surface area contributed by atoms with Crippen LogP contribution < -0.4 is 5.32 Å². The number of rotatable bonds is 5. The van der Waals surface area contributed by atoms with Crippen molar-refractivity contribution in [1.29, 1.82) is 0 Å². The van der Waals surface area contributed by atoms with Gasteiger partial charge in [-0.25, -0.2) is 4.98 Å². The summed E-state index contributed by atoms with van der Waals surface area (Å²) < 4.78 is 0. The Labute approximate surface area is 88.2 Å². The Kier molecular flexibility index (Phi) is 4.59. The summed E-state index contributed by atoms with van der Waals surface area (Å²) >= 11 is 3.71. The highest BCUT2D eigenvalue weighted by atomic mass is 32.2. The number of hydrogen-bond acceptors (Lipinski definition) is 4. The Morgan fingerprint density at radius 2 is 2.38 bits per heavy atom. The fourth-order valence-electron chi connectivity index (χ4n) is 0.856. The van der Waals surface area contributed by atoms with Crippen molar-refractivity contribution in [1.82, 2.24) is 4.98 Å². The van der Waals surface area contributed by atoms with E-state index in [0.717, 1.165) is 17.4 Å². The van der Waals surface area contributed by atoms with Gasteiger partial charge in [-0.2, -0.15) is 11.8 Å². The monoisotopic (exact) mass is 216 g/mol. The summed E-state index contributed by atoms with van der Waals surface area (Å²) in [6, 6.07) is 0. The smallest absolute Gasteiger partial charge is 0.182 e. The van der Waals surface area contributed by atoms with Crippen LogP contribution in [0.25, 0.3) is 0 Å². The summed E-state index contributed by atoms with van der Waals surface area (Å²) in [5, 5.41) is 4.96. The third-order valence-electron chi connectivity index (χ3n) is 1.44. The molecule has 0 radical (unpaired) electrons. The lowest BCUT2D eigenvalue weighted by Crippen LogP contribution is -1.94. The lowest BCUT2D eigenvalue weighted by molar-refractivity contribution is 1.11. The fraction of sp³-hybridized carbons (Fsp3) is 0.667. The van der Waals surface area contributed by atoms with Crippen molar-refractivity contribution in [3.63, 3.8) is 0 Å². The lowest BCUT2D eigenvalue weighted by atomic mass is 10.6. The first-order valence-corrected chi connectivity index (χ1v) is 6.39. The Balaban J connectivity index is 2.39. The van der Waals surface area contributed by atoms with E-state index < -0.39 is 0 Å². The van der Waals surface area contributed by atoms with Crippen LogP contribution in [-0.2, 0) is 5.75 Å². The first-order valence-electron chi connectivity index (χ1n) is 4.52. The van der Waals surface area contributed by atoms with Crippen molar-refractivity contribution in [2.75, 3.05) is 11.9 Å². The van der Waals surface area contributed by atoms with Crippen molar-refractivity contribution in [3.05, 3.63) is 11.1 Å². The Morgan fingerprint density at radius 1 is 1.62 bits per heavy atom. The van der Waals surface area contributed by atoms with Crippen LogP contribution in [0.15, 0.2) is 6.20 Å². The van der Waals surface area contributed by atoms with E-state index in [4.69, 9.17) is 0 Å². The third-order valence-corrected chi connectivity index (χ3v) is 3.72.